The summed E-state index contributed by atoms with van der Waals surface area (Å²) in [4.78, 5) is 2.53. The van der Waals surface area contributed by atoms with Gasteiger partial charge in [0.25, 0.3) is 0 Å². The van der Waals surface area contributed by atoms with Gasteiger partial charge in [-0.25, -0.2) is 0 Å². The van der Waals surface area contributed by atoms with Crippen LogP contribution in [-0.2, 0) is 5.41 Å². The molecule has 1 heterocycles. The second-order valence-corrected chi connectivity index (χ2v) is 17.3. The summed E-state index contributed by atoms with van der Waals surface area (Å²) in [6.45, 7) is 0. The SMILES string of the molecule is c1ccc2c(c1)-c1ccc(N(c3ccc(-c4ccc5ccccc5c4)cc3)c3ccc4c(c3)sc3ccccc34)cc1C21C2CC3CC(C2)CC1C3. The molecule has 4 saturated carbocycles. The minimum absolute atomic E-state index is 0.135. The van der Waals surface area contributed by atoms with Crippen LogP contribution < -0.4 is 4.90 Å². The van der Waals surface area contributed by atoms with Crippen LogP contribution in [0.4, 0.5) is 17.1 Å². The fourth-order valence-electron chi connectivity index (χ4n) is 11.8. The highest BCUT2D eigenvalue weighted by Crippen LogP contribution is 2.69. The summed E-state index contributed by atoms with van der Waals surface area (Å²) in [5.74, 6) is 3.34. The molecule has 0 unspecified atom stereocenters. The molecule has 1 nitrogen and oxygen atoms in total. The first kappa shape index (κ1) is 29.4. The molecule has 7 aromatic carbocycles. The summed E-state index contributed by atoms with van der Waals surface area (Å²) in [5, 5.41) is 5.24. The molecule has 2 heteroatoms. The van der Waals surface area contributed by atoms with Crippen molar-refractivity contribution in [3.8, 4) is 22.3 Å². The first-order chi connectivity index (χ1) is 25.7. The largest absolute Gasteiger partial charge is 0.310 e. The van der Waals surface area contributed by atoms with Gasteiger partial charge in [-0.3, -0.25) is 0 Å². The smallest absolute Gasteiger partial charge is 0.0476 e. The Morgan fingerprint density at radius 1 is 0.442 bits per heavy atom. The van der Waals surface area contributed by atoms with Gasteiger partial charge < -0.3 is 4.90 Å². The van der Waals surface area contributed by atoms with E-state index in [1.807, 2.05) is 11.3 Å². The lowest BCUT2D eigenvalue weighted by Gasteiger charge is -2.61. The van der Waals surface area contributed by atoms with Crippen LogP contribution in [0.1, 0.15) is 43.2 Å². The number of anilines is 3. The molecule has 250 valence electrons. The minimum atomic E-state index is 0.135. The summed E-state index contributed by atoms with van der Waals surface area (Å²) in [6.07, 6.45) is 7.06. The molecule has 13 rings (SSSR count). The molecule has 4 fully saturated rings. The molecule has 1 spiro atoms. The third kappa shape index (κ3) is 4.10. The van der Waals surface area contributed by atoms with E-state index in [2.05, 4.69) is 157 Å². The molecule has 0 amide bonds. The van der Waals surface area contributed by atoms with Crippen LogP contribution in [0.2, 0.25) is 0 Å². The van der Waals surface area contributed by atoms with Crippen molar-refractivity contribution < 1.29 is 0 Å². The summed E-state index contributed by atoms with van der Waals surface area (Å²) < 4.78 is 2.68. The highest BCUT2D eigenvalue weighted by atomic mass is 32.1. The van der Waals surface area contributed by atoms with Crippen molar-refractivity contribution >= 4 is 59.3 Å². The third-order valence-corrected chi connectivity index (χ3v) is 14.8. The normalized spacial score (nSPS) is 23.8. The van der Waals surface area contributed by atoms with Crippen molar-refractivity contribution in [2.75, 3.05) is 4.90 Å². The Morgan fingerprint density at radius 2 is 1.08 bits per heavy atom. The Hall–Kier alpha value is -5.18. The van der Waals surface area contributed by atoms with E-state index in [4.69, 9.17) is 0 Å². The summed E-state index contributed by atoms with van der Waals surface area (Å²) >= 11 is 1.90. The zero-order chi connectivity index (χ0) is 34.0. The molecule has 0 aliphatic heterocycles. The van der Waals surface area contributed by atoms with Gasteiger partial charge in [-0.05, 0) is 148 Å². The zero-order valence-corrected chi connectivity index (χ0v) is 30.0. The lowest BCUT2D eigenvalue weighted by Crippen LogP contribution is -2.55. The van der Waals surface area contributed by atoms with Crippen LogP contribution in [0.25, 0.3) is 53.2 Å². The lowest BCUT2D eigenvalue weighted by atomic mass is 9.43. The standard InChI is InChI=1S/C50H39NS/c1-2-8-35-28-36(14-13-33(35)7-1)34-15-17-39(18-16-34)51(41-20-22-45-44-10-4-6-12-48(44)52-49(45)30-41)40-19-21-43-42-9-3-5-11-46(42)50(47(43)29-40)37-24-31-23-32(26-37)27-38(50)25-31/h1-22,28-32,37-38H,23-27H2. The highest BCUT2D eigenvalue weighted by molar-refractivity contribution is 7.25. The van der Waals surface area contributed by atoms with Crippen LogP contribution in [0.15, 0.2) is 152 Å². The van der Waals surface area contributed by atoms with E-state index in [1.165, 1.54) is 102 Å². The fraction of sp³-hybridized carbons (Fsp3) is 0.200. The molecule has 0 N–H and O–H groups in total. The Bertz CT molecular complexity index is 2690. The number of fused-ring (bicyclic) bond motifs is 7. The predicted octanol–water partition coefficient (Wildman–Crippen LogP) is 14.1. The topological polar surface area (TPSA) is 3.24 Å². The number of nitrogens with zero attached hydrogens (tertiary/aromatic N) is 1. The van der Waals surface area contributed by atoms with Crippen LogP contribution in [0.3, 0.4) is 0 Å². The first-order valence-electron chi connectivity index (χ1n) is 19.3. The van der Waals surface area contributed by atoms with Gasteiger partial charge in [-0.1, -0.05) is 103 Å². The maximum absolute atomic E-state index is 2.63. The second-order valence-electron chi connectivity index (χ2n) is 16.2. The van der Waals surface area contributed by atoms with Crippen LogP contribution in [0, 0.1) is 23.7 Å². The highest BCUT2D eigenvalue weighted by Gasteiger charge is 2.61. The van der Waals surface area contributed by atoms with E-state index < -0.39 is 0 Å². The van der Waals surface area contributed by atoms with Crippen LogP contribution in [0.5, 0.6) is 0 Å². The third-order valence-electron chi connectivity index (χ3n) is 13.6. The van der Waals surface area contributed by atoms with Gasteiger partial charge in [0.2, 0.25) is 0 Å². The molecular formula is C50H39NS. The number of thiophene rings is 1. The molecular weight excluding hydrogens is 647 g/mol. The van der Waals surface area contributed by atoms with E-state index in [9.17, 15) is 0 Å². The van der Waals surface area contributed by atoms with Crippen LogP contribution in [-0.4, -0.2) is 0 Å². The van der Waals surface area contributed by atoms with E-state index in [-0.39, 0.29) is 5.41 Å². The molecule has 5 aliphatic carbocycles. The van der Waals surface area contributed by atoms with E-state index in [0.717, 1.165) is 23.7 Å². The molecule has 0 atom stereocenters. The maximum Gasteiger partial charge on any atom is 0.0476 e. The molecule has 5 aliphatic rings. The van der Waals surface area contributed by atoms with Gasteiger partial charge >= 0.3 is 0 Å². The van der Waals surface area contributed by atoms with Gasteiger partial charge in [0.15, 0.2) is 0 Å². The van der Waals surface area contributed by atoms with Crippen molar-refractivity contribution in [2.45, 2.75) is 37.5 Å². The second kappa shape index (κ2) is 10.9. The molecule has 8 aromatic rings. The molecule has 0 saturated heterocycles. The van der Waals surface area contributed by atoms with Crippen molar-refractivity contribution in [3.05, 3.63) is 163 Å². The average molecular weight is 686 g/mol. The quantitative estimate of drug-likeness (QED) is 0.178. The molecule has 4 bridgehead atoms. The molecule has 52 heavy (non-hydrogen) atoms. The van der Waals surface area contributed by atoms with Crippen molar-refractivity contribution in [1.29, 1.82) is 0 Å². The Kier molecular flexibility index (Phi) is 6.17. The van der Waals surface area contributed by atoms with Gasteiger partial charge in [-0.2, -0.15) is 0 Å². The Morgan fingerprint density at radius 3 is 1.92 bits per heavy atom. The van der Waals surface area contributed by atoms with Crippen molar-refractivity contribution in [3.63, 3.8) is 0 Å². The molecule has 1 aromatic heterocycles. The number of rotatable bonds is 4. The average Bonchev–Trinajstić information content (AvgIpc) is 3.70. The van der Waals surface area contributed by atoms with Gasteiger partial charge in [-0.15, -0.1) is 11.3 Å². The van der Waals surface area contributed by atoms with Gasteiger partial charge in [0, 0.05) is 42.6 Å². The van der Waals surface area contributed by atoms with Gasteiger partial charge in [0.1, 0.15) is 0 Å². The molecule has 0 radical (unpaired) electrons. The number of benzene rings is 7. The Labute approximate surface area is 309 Å². The lowest BCUT2D eigenvalue weighted by molar-refractivity contribution is -0.0399. The van der Waals surface area contributed by atoms with Crippen molar-refractivity contribution in [1.82, 2.24) is 0 Å². The minimum Gasteiger partial charge on any atom is -0.310 e. The predicted molar refractivity (Wildman–Crippen MR) is 220 cm³/mol. The van der Waals surface area contributed by atoms with Crippen molar-refractivity contribution in [2.24, 2.45) is 23.7 Å². The van der Waals surface area contributed by atoms with E-state index >= 15 is 0 Å². The summed E-state index contributed by atoms with van der Waals surface area (Å²) in [6, 6.07) is 57.7. The summed E-state index contributed by atoms with van der Waals surface area (Å²) in [5.41, 5.74) is 12.5. The zero-order valence-electron chi connectivity index (χ0n) is 29.1. The van der Waals surface area contributed by atoms with E-state index in [0.29, 0.717) is 0 Å². The maximum atomic E-state index is 2.63. The number of hydrogen-bond acceptors (Lipinski definition) is 2. The first-order valence-corrected chi connectivity index (χ1v) is 20.1. The monoisotopic (exact) mass is 685 g/mol. The fourth-order valence-corrected chi connectivity index (χ4v) is 12.9. The number of hydrogen-bond donors (Lipinski definition) is 0. The summed E-state index contributed by atoms with van der Waals surface area (Å²) in [7, 11) is 0. The van der Waals surface area contributed by atoms with Crippen LogP contribution >= 0.6 is 11.3 Å². The van der Waals surface area contributed by atoms with Gasteiger partial charge in [0.05, 0.1) is 0 Å². The van der Waals surface area contributed by atoms with E-state index in [1.54, 1.807) is 11.1 Å². The Balaban J connectivity index is 1.04.